The minimum Gasteiger partial charge on any atom is -0.481 e. The highest BCUT2D eigenvalue weighted by Crippen LogP contribution is 2.45. The highest BCUT2D eigenvalue weighted by atomic mass is 16.4. The van der Waals surface area contributed by atoms with Gasteiger partial charge in [-0.05, 0) is 31.6 Å². The first-order valence-corrected chi connectivity index (χ1v) is 6.90. The summed E-state index contributed by atoms with van der Waals surface area (Å²) < 4.78 is 0. The van der Waals surface area contributed by atoms with Crippen molar-refractivity contribution in [2.45, 2.75) is 52.4 Å². The molecule has 0 bridgehead atoms. The van der Waals surface area contributed by atoms with E-state index in [4.69, 9.17) is 5.11 Å². The van der Waals surface area contributed by atoms with Gasteiger partial charge in [-0.1, -0.05) is 26.7 Å². The Morgan fingerprint density at radius 3 is 2.28 bits per heavy atom. The van der Waals surface area contributed by atoms with Gasteiger partial charge >= 0.3 is 5.97 Å². The average Bonchev–Trinajstić information content (AvgIpc) is 2.89. The van der Waals surface area contributed by atoms with Crippen molar-refractivity contribution in [2.24, 2.45) is 16.7 Å². The molecule has 2 N–H and O–H groups in total. The Bertz CT molecular complexity index is 352. The van der Waals surface area contributed by atoms with E-state index < -0.39 is 11.4 Å². The van der Waals surface area contributed by atoms with Gasteiger partial charge in [-0.2, -0.15) is 0 Å². The van der Waals surface area contributed by atoms with Crippen molar-refractivity contribution in [2.75, 3.05) is 6.54 Å². The molecule has 0 unspecified atom stereocenters. The maximum atomic E-state index is 12.2. The molecule has 2 fully saturated rings. The Balaban J connectivity index is 1.89. The second-order valence-electron chi connectivity index (χ2n) is 6.47. The van der Waals surface area contributed by atoms with Crippen molar-refractivity contribution in [3.63, 3.8) is 0 Å². The molecule has 1 amide bonds. The van der Waals surface area contributed by atoms with Gasteiger partial charge in [0.2, 0.25) is 5.91 Å². The third-order valence-electron chi connectivity index (χ3n) is 4.86. The normalized spacial score (nSPS) is 22.8. The zero-order valence-corrected chi connectivity index (χ0v) is 11.3. The first-order valence-electron chi connectivity index (χ1n) is 6.90. The molecule has 0 heterocycles. The van der Waals surface area contributed by atoms with Gasteiger partial charge < -0.3 is 10.4 Å². The number of carboxylic acids is 1. The van der Waals surface area contributed by atoms with Crippen molar-refractivity contribution in [1.29, 1.82) is 0 Å². The molecule has 0 aliphatic heterocycles. The minimum atomic E-state index is -0.776. The molecule has 102 valence electrons. The Hall–Kier alpha value is -1.06. The first-order chi connectivity index (χ1) is 8.38. The number of carboxylic acid groups (broad SMARTS) is 1. The van der Waals surface area contributed by atoms with Crippen LogP contribution in [0.5, 0.6) is 0 Å². The van der Waals surface area contributed by atoms with Crippen LogP contribution in [0.4, 0.5) is 0 Å². The molecule has 0 radical (unpaired) electrons. The third-order valence-corrected chi connectivity index (χ3v) is 4.86. The third kappa shape index (κ3) is 2.38. The summed E-state index contributed by atoms with van der Waals surface area (Å²) in [6.07, 6.45) is 6.02. The molecule has 0 aromatic carbocycles. The molecule has 2 aliphatic carbocycles. The largest absolute Gasteiger partial charge is 0.481 e. The highest BCUT2D eigenvalue weighted by molar-refractivity contribution is 5.84. The second-order valence-corrected chi connectivity index (χ2v) is 6.47. The predicted octanol–water partition coefficient (Wildman–Crippen LogP) is 2.18. The quantitative estimate of drug-likeness (QED) is 0.789. The summed E-state index contributed by atoms with van der Waals surface area (Å²) in [6, 6.07) is 0. The first kappa shape index (κ1) is 13.4. The molecule has 0 saturated heterocycles. The SMILES string of the molecule is CC(C)(C(=O)NCC1(C(=O)O)CC1)C1CCCC1. The summed E-state index contributed by atoms with van der Waals surface area (Å²) in [4.78, 5) is 23.3. The van der Waals surface area contributed by atoms with E-state index in [0.717, 1.165) is 12.8 Å². The van der Waals surface area contributed by atoms with E-state index in [1.54, 1.807) is 0 Å². The molecule has 2 rings (SSSR count). The standard InChI is InChI=1S/C14H23NO3/c1-13(2,10-5-3-4-6-10)11(16)15-9-14(7-8-14)12(17)18/h10H,3-9H2,1-2H3,(H,15,16)(H,17,18). The summed E-state index contributed by atoms with van der Waals surface area (Å²) in [5.41, 5.74) is -1.04. The molecule has 2 saturated carbocycles. The van der Waals surface area contributed by atoms with E-state index >= 15 is 0 Å². The van der Waals surface area contributed by atoms with Crippen LogP contribution in [0.2, 0.25) is 0 Å². The number of nitrogens with one attached hydrogen (secondary N) is 1. The van der Waals surface area contributed by atoms with Gasteiger partial charge in [-0.3, -0.25) is 9.59 Å². The molecule has 4 nitrogen and oxygen atoms in total. The lowest BCUT2D eigenvalue weighted by Crippen LogP contribution is -2.44. The van der Waals surface area contributed by atoms with Crippen molar-refractivity contribution in [3.05, 3.63) is 0 Å². The van der Waals surface area contributed by atoms with Crippen molar-refractivity contribution in [3.8, 4) is 0 Å². The van der Waals surface area contributed by atoms with Crippen LogP contribution in [0.1, 0.15) is 52.4 Å². The molecular formula is C14H23NO3. The van der Waals surface area contributed by atoms with E-state index in [-0.39, 0.29) is 17.9 Å². The topological polar surface area (TPSA) is 66.4 Å². The van der Waals surface area contributed by atoms with Gasteiger partial charge in [0.15, 0.2) is 0 Å². The maximum absolute atomic E-state index is 12.2. The summed E-state index contributed by atoms with van der Waals surface area (Å²) >= 11 is 0. The fourth-order valence-corrected chi connectivity index (χ4v) is 2.93. The lowest BCUT2D eigenvalue weighted by molar-refractivity contribution is -0.143. The second kappa shape index (κ2) is 4.56. The van der Waals surface area contributed by atoms with Crippen molar-refractivity contribution >= 4 is 11.9 Å². The van der Waals surface area contributed by atoms with Gasteiger partial charge in [-0.25, -0.2) is 0 Å². The van der Waals surface area contributed by atoms with Crippen LogP contribution in [0, 0.1) is 16.7 Å². The summed E-state index contributed by atoms with van der Waals surface area (Å²) in [6.45, 7) is 4.26. The van der Waals surface area contributed by atoms with Crippen LogP contribution in [0.3, 0.4) is 0 Å². The number of carbonyl (C=O) groups is 2. The van der Waals surface area contributed by atoms with Crippen LogP contribution in [-0.4, -0.2) is 23.5 Å². The number of hydrogen-bond acceptors (Lipinski definition) is 2. The van der Waals surface area contributed by atoms with Crippen LogP contribution in [-0.2, 0) is 9.59 Å². The minimum absolute atomic E-state index is 0.0157. The molecule has 4 heteroatoms. The Morgan fingerprint density at radius 1 is 1.28 bits per heavy atom. The zero-order chi connectivity index (χ0) is 13.4. The van der Waals surface area contributed by atoms with Crippen molar-refractivity contribution in [1.82, 2.24) is 5.32 Å². The van der Waals surface area contributed by atoms with Gasteiger partial charge in [0.05, 0.1) is 5.41 Å². The van der Waals surface area contributed by atoms with Gasteiger partial charge in [0, 0.05) is 12.0 Å². The molecule has 0 aromatic heterocycles. The zero-order valence-electron chi connectivity index (χ0n) is 11.3. The molecule has 0 spiro atoms. The molecule has 0 atom stereocenters. The summed E-state index contributed by atoms with van der Waals surface area (Å²) in [5.74, 6) is -0.319. The maximum Gasteiger partial charge on any atom is 0.311 e. The number of aliphatic carboxylic acids is 1. The Labute approximate surface area is 108 Å². The van der Waals surface area contributed by atoms with E-state index in [0.29, 0.717) is 18.8 Å². The van der Waals surface area contributed by atoms with Crippen LogP contribution in [0.25, 0.3) is 0 Å². The predicted molar refractivity (Wildman–Crippen MR) is 68.1 cm³/mol. The fraction of sp³-hybridized carbons (Fsp3) is 0.857. The van der Waals surface area contributed by atoms with Gasteiger partial charge in [0.1, 0.15) is 0 Å². The summed E-state index contributed by atoms with van der Waals surface area (Å²) in [5, 5.41) is 11.9. The molecular weight excluding hydrogens is 230 g/mol. The van der Waals surface area contributed by atoms with E-state index in [2.05, 4.69) is 5.32 Å². The lowest BCUT2D eigenvalue weighted by Gasteiger charge is -2.30. The van der Waals surface area contributed by atoms with Gasteiger partial charge in [-0.15, -0.1) is 0 Å². The fourth-order valence-electron chi connectivity index (χ4n) is 2.93. The van der Waals surface area contributed by atoms with E-state index in [1.165, 1.54) is 12.8 Å². The molecule has 0 aromatic rings. The average molecular weight is 253 g/mol. The smallest absolute Gasteiger partial charge is 0.311 e. The number of carbonyl (C=O) groups excluding carboxylic acids is 1. The van der Waals surface area contributed by atoms with Crippen LogP contribution in [0.15, 0.2) is 0 Å². The number of rotatable bonds is 5. The Kier molecular flexibility index (Phi) is 3.39. The van der Waals surface area contributed by atoms with Crippen molar-refractivity contribution < 1.29 is 14.7 Å². The summed E-state index contributed by atoms with van der Waals surface area (Å²) in [7, 11) is 0. The van der Waals surface area contributed by atoms with Crippen LogP contribution < -0.4 is 5.32 Å². The monoisotopic (exact) mass is 253 g/mol. The van der Waals surface area contributed by atoms with Gasteiger partial charge in [0.25, 0.3) is 0 Å². The van der Waals surface area contributed by atoms with E-state index in [9.17, 15) is 9.59 Å². The number of amides is 1. The number of hydrogen-bond donors (Lipinski definition) is 2. The molecule has 2 aliphatic rings. The molecule has 18 heavy (non-hydrogen) atoms. The van der Waals surface area contributed by atoms with Crippen LogP contribution >= 0.6 is 0 Å². The lowest BCUT2D eigenvalue weighted by atomic mass is 9.77. The highest BCUT2D eigenvalue weighted by Gasteiger charge is 2.51. The Morgan fingerprint density at radius 2 is 1.83 bits per heavy atom. The van der Waals surface area contributed by atoms with E-state index in [1.807, 2.05) is 13.8 Å².